The highest BCUT2D eigenvalue weighted by molar-refractivity contribution is 6.02. The Morgan fingerprint density at radius 1 is 1.04 bits per heavy atom. The number of nitriles is 1. The van der Waals surface area contributed by atoms with Gasteiger partial charge in [0, 0.05) is 12.1 Å². The van der Waals surface area contributed by atoms with Crippen molar-refractivity contribution in [1.82, 2.24) is 0 Å². The minimum absolute atomic E-state index is 0.000561. The molecule has 0 aromatic heterocycles. The summed E-state index contributed by atoms with van der Waals surface area (Å²) in [5, 5.41) is 11.3. The van der Waals surface area contributed by atoms with Crippen LogP contribution in [0.3, 0.4) is 0 Å². The maximum absolute atomic E-state index is 12.3. The molecule has 2 aromatic rings. The zero-order valence-corrected chi connectivity index (χ0v) is 15.4. The van der Waals surface area contributed by atoms with E-state index in [1.807, 2.05) is 19.9 Å². The first-order valence-electron chi connectivity index (χ1n) is 8.64. The summed E-state index contributed by atoms with van der Waals surface area (Å²) >= 11 is 0. The first-order chi connectivity index (χ1) is 13.2. The molecule has 0 bridgehead atoms. The van der Waals surface area contributed by atoms with Gasteiger partial charge in [-0.1, -0.05) is 12.1 Å². The molecule has 0 radical (unpaired) electrons. The van der Waals surface area contributed by atoms with Gasteiger partial charge >= 0.3 is 0 Å². The fourth-order valence-electron chi connectivity index (χ4n) is 2.28. The van der Waals surface area contributed by atoms with E-state index in [1.165, 1.54) is 6.08 Å². The van der Waals surface area contributed by atoms with Crippen LogP contribution >= 0.6 is 0 Å². The second-order valence-corrected chi connectivity index (χ2v) is 5.36. The molecular weight excluding hydrogens is 344 g/mol. The van der Waals surface area contributed by atoms with Gasteiger partial charge in [0.15, 0.2) is 6.61 Å². The molecule has 0 saturated heterocycles. The monoisotopic (exact) mass is 366 g/mol. The number of amides is 1. The van der Waals surface area contributed by atoms with Crippen LogP contribution in [0.2, 0.25) is 0 Å². The lowest BCUT2D eigenvalue weighted by Gasteiger charge is -2.12. The number of nitrogens with one attached hydrogen (secondary N) is 1. The van der Waals surface area contributed by atoms with Crippen molar-refractivity contribution in [3.05, 3.63) is 54.1 Å². The lowest BCUT2D eigenvalue weighted by Crippen LogP contribution is -2.10. The molecule has 1 amide bonds. The number of hydrogen-bond donors (Lipinski definition) is 1. The van der Waals surface area contributed by atoms with Crippen molar-refractivity contribution in [2.75, 3.05) is 25.1 Å². The van der Waals surface area contributed by atoms with E-state index >= 15 is 0 Å². The summed E-state index contributed by atoms with van der Waals surface area (Å²) in [5.41, 5.74) is 1.39. The molecule has 140 valence electrons. The van der Waals surface area contributed by atoms with E-state index in [0.29, 0.717) is 36.1 Å². The minimum atomic E-state index is -0.283. The van der Waals surface area contributed by atoms with Gasteiger partial charge in [-0.2, -0.15) is 5.26 Å². The van der Waals surface area contributed by atoms with Crippen molar-refractivity contribution in [3.63, 3.8) is 0 Å². The van der Waals surface area contributed by atoms with Crippen LogP contribution in [0.1, 0.15) is 19.4 Å². The summed E-state index contributed by atoms with van der Waals surface area (Å²) < 4.78 is 16.2. The van der Waals surface area contributed by atoms with E-state index in [1.54, 1.807) is 48.5 Å². The van der Waals surface area contributed by atoms with Crippen molar-refractivity contribution in [3.8, 4) is 23.3 Å². The Labute approximate surface area is 159 Å². The molecule has 0 aliphatic heterocycles. The number of carbonyl (C=O) groups excluding carboxylic acids is 1. The molecule has 0 heterocycles. The van der Waals surface area contributed by atoms with Crippen LogP contribution in [-0.2, 0) is 4.79 Å². The zero-order chi connectivity index (χ0) is 19.5. The zero-order valence-electron chi connectivity index (χ0n) is 15.4. The van der Waals surface area contributed by atoms with Crippen LogP contribution in [0, 0.1) is 11.3 Å². The third-order valence-corrected chi connectivity index (χ3v) is 3.43. The van der Waals surface area contributed by atoms with Gasteiger partial charge in [0.1, 0.15) is 23.3 Å². The number of hydrogen-bond acceptors (Lipinski definition) is 5. The summed E-state index contributed by atoms with van der Waals surface area (Å²) in [6.07, 6.45) is 3.13. The van der Waals surface area contributed by atoms with Gasteiger partial charge in [0.25, 0.3) is 0 Å². The van der Waals surface area contributed by atoms with Crippen LogP contribution in [0.5, 0.6) is 17.2 Å². The SMILES string of the molecule is CCOc1ccc(OCC)c(NC(=O)/C=C/c2ccc(OCC#N)cc2)c1. The van der Waals surface area contributed by atoms with Crippen molar-refractivity contribution in [2.45, 2.75) is 13.8 Å². The van der Waals surface area contributed by atoms with E-state index in [9.17, 15) is 4.79 Å². The second kappa shape index (κ2) is 10.5. The van der Waals surface area contributed by atoms with Crippen molar-refractivity contribution in [1.29, 1.82) is 5.26 Å². The average molecular weight is 366 g/mol. The Kier molecular flexibility index (Phi) is 7.73. The number of anilines is 1. The molecule has 0 atom stereocenters. The Morgan fingerprint density at radius 3 is 2.41 bits per heavy atom. The number of rotatable bonds is 9. The van der Waals surface area contributed by atoms with Gasteiger partial charge < -0.3 is 19.5 Å². The quantitative estimate of drug-likeness (QED) is 0.678. The third kappa shape index (κ3) is 6.40. The summed E-state index contributed by atoms with van der Waals surface area (Å²) in [6, 6.07) is 14.3. The van der Waals surface area contributed by atoms with E-state index in [0.717, 1.165) is 5.56 Å². The maximum Gasteiger partial charge on any atom is 0.248 e. The lowest BCUT2D eigenvalue weighted by atomic mass is 10.2. The average Bonchev–Trinajstić information content (AvgIpc) is 2.68. The Morgan fingerprint density at radius 2 is 1.74 bits per heavy atom. The highest BCUT2D eigenvalue weighted by Gasteiger charge is 2.08. The molecule has 0 aliphatic carbocycles. The van der Waals surface area contributed by atoms with E-state index in [-0.39, 0.29) is 12.5 Å². The molecular formula is C21H22N2O4. The smallest absolute Gasteiger partial charge is 0.248 e. The Balaban J connectivity index is 2.04. The van der Waals surface area contributed by atoms with Crippen molar-refractivity contribution in [2.24, 2.45) is 0 Å². The van der Waals surface area contributed by atoms with Crippen LogP contribution in [-0.4, -0.2) is 25.7 Å². The molecule has 0 aliphatic rings. The van der Waals surface area contributed by atoms with Gasteiger partial charge in [-0.05, 0) is 49.8 Å². The van der Waals surface area contributed by atoms with E-state index in [2.05, 4.69) is 5.32 Å². The summed E-state index contributed by atoms with van der Waals surface area (Å²) in [7, 11) is 0. The number of nitrogens with zero attached hydrogens (tertiary/aromatic N) is 1. The van der Waals surface area contributed by atoms with Crippen LogP contribution in [0.4, 0.5) is 5.69 Å². The fourth-order valence-corrected chi connectivity index (χ4v) is 2.28. The summed E-state index contributed by atoms with van der Waals surface area (Å²) in [5.74, 6) is 1.57. The van der Waals surface area contributed by atoms with Crippen molar-refractivity contribution < 1.29 is 19.0 Å². The normalized spacial score (nSPS) is 10.3. The fraction of sp³-hybridized carbons (Fsp3) is 0.238. The molecule has 0 fully saturated rings. The first-order valence-corrected chi connectivity index (χ1v) is 8.64. The molecule has 6 nitrogen and oxygen atoms in total. The predicted octanol–water partition coefficient (Wildman–Crippen LogP) is 4.04. The van der Waals surface area contributed by atoms with Gasteiger partial charge in [0.05, 0.1) is 18.9 Å². The number of ether oxygens (including phenoxy) is 3. The van der Waals surface area contributed by atoms with Crippen LogP contribution in [0.25, 0.3) is 6.08 Å². The molecule has 0 unspecified atom stereocenters. The molecule has 0 spiro atoms. The number of carbonyl (C=O) groups is 1. The molecule has 0 saturated carbocycles. The molecule has 2 aromatic carbocycles. The van der Waals surface area contributed by atoms with Crippen LogP contribution < -0.4 is 19.5 Å². The van der Waals surface area contributed by atoms with Gasteiger partial charge in [-0.15, -0.1) is 0 Å². The molecule has 1 N–H and O–H groups in total. The topological polar surface area (TPSA) is 80.6 Å². The predicted molar refractivity (Wildman–Crippen MR) is 104 cm³/mol. The summed E-state index contributed by atoms with van der Waals surface area (Å²) in [6.45, 7) is 4.81. The maximum atomic E-state index is 12.3. The standard InChI is InChI=1S/C21H22N2O4/c1-3-25-18-10-11-20(26-4-2)19(15-18)23-21(24)12-7-16-5-8-17(9-6-16)27-14-13-22/h5-12,15H,3-4,14H2,1-2H3,(H,23,24)/b12-7+. The molecule has 2 rings (SSSR count). The third-order valence-electron chi connectivity index (χ3n) is 3.43. The van der Waals surface area contributed by atoms with E-state index < -0.39 is 0 Å². The van der Waals surface area contributed by atoms with Gasteiger partial charge in [-0.25, -0.2) is 0 Å². The highest BCUT2D eigenvalue weighted by atomic mass is 16.5. The van der Waals surface area contributed by atoms with Gasteiger partial charge in [-0.3, -0.25) is 4.79 Å². The summed E-state index contributed by atoms with van der Waals surface area (Å²) in [4.78, 5) is 12.3. The Hall–Kier alpha value is -3.46. The van der Waals surface area contributed by atoms with Crippen molar-refractivity contribution >= 4 is 17.7 Å². The Bertz CT molecular complexity index is 823. The van der Waals surface area contributed by atoms with Crippen LogP contribution in [0.15, 0.2) is 48.5 Å². The highest BCUT2D eigenvalue weighted by Crippen LogP contribution is 2.29. The van der Waals surface area contributed by atoms with Gasteiger partial charge in [0.2, 0.25) is 5.91 Å². The minimum Gasteiger partial charge on any atom is -0.494 e. The lowest BCUT2D eigenvalue weighted by molar-refractivity contribution is -0.111. The van der Waals surface area contributed by atoms with E-state index in [4.69, 9.17) is 19.5 Å². The number of benzene rings is 2. The largest absolute Gasteiger partial charge is 0.494 e. The second-order valence-electron chi connectivity index (χ2n) is 5.36. The first kappa shape index (κ1) is 19.9. The molecule has 6 heteroatoms. The molecule has 27 heavy (non-hydrogen) atoms.